The van der Waals surface area contributed by atoms with Gasteiger partial charge in [-0.15, -0.1) is 0 Å². The lowest BCUT2D eigenvalue weighted by molar-refractivity contribution is -0.137. The zero-order valence-corrected chi connectivity index (χ0v) is 11.3. The van der Waals surface area contributed by atoms with E-state index in [-0.39, 0.29) is 11.8 Å². The number of nitrogens with two attached hydrogens (primary N) is 1. The monoisotopic (exact) mass is 295 g/mol. The Labute approximate surface area is 110 Å². The Kier molecular flexibility index (Phi) is 4.98. The molecular formula is C12H16F3NO2S. The Balaban J connectivity index is 2.58. The second-order valence-corrected chi connectivity index (χ2v) is 6.84. The molecule has 0 amide bonds. The van der Waals surface area contributed by atoms with Gasteiger partial charge in [-0.2, -0.15) is 13.2 Å². The summed E-state index contributed by atoms with van der Waals surface area (Å²) in [5.41, 5.74) is 5.70. The summed E-state index contributed by atoms with van der Waals surface area (Å²) in [6.45, 7) is 0. The van der Waals surface area contributed by atoms with Crippen molar-refractivity contribution in [2.45, 2.75) is 25.1 Å². The average Bonchev–Trinajstić information content (AvgIpc) is 2.25. The Morgan fingerprint density at radius 2 is 1.74 bits per heavy atom. The van der Waals surface area contributed by atoms with Crippen LogP contribution in [-0.4, -0.2) is 26.5 Å². The minimum atomic E-state index is -4.35. The third kappa shape index (κ3) is 6.07. The summed E-state index contributed by atoms with van der Waals surface area (Å²) in [5.74, 6) is -0.0190. The third-order valence-corrected chi connectivity index (χ3v) is 3.62. The fourth-order valence-corrected chi connectivity index (χ4v) is 2.33. The topological polar surface area (TPSA) is 60.2 Å². The summed E-state index contributed by atoms with van der Waals surface area (Å²) in [6.07, 6.45) is -2.58. The van der Waals surface area contributed by atoms with Crippen molar-refractivity contribution in [1.82, 2.24) is 0 Å². The summed E-state index contributed by atoms with van der Waals surface area (Å²) < 4.78 is 59.0. The van der Waals surface area contributed by atoms with E-state index in [1.54, 1.807) is 0 Å². The van der Waals surface area contributed by atoms with Crippen molar-refractivity contribution in [2.75, 3.05) is 12.0 Å². The van der Waals surface area contributed by atoms with Gasteiger partial charge < -0.3 is 5.73 Å². The van der Waals surface area contributed by atoms with Crippen molar-refractivity contribution < 1.29 is 21.6 Å². The number of hydrogen-bond donors (Lipinski definition) is 1. The molecule has 1 atom stereocenters. The summed E-state index contributed by atoms with van der Waals surface area (Å²) >= 11 is 0. The third-order valence-electron chi connectivity index (χ3n) is 2.64. The van der Waals surface area contributed by atoms with Crippen molar-refractivity contribution >= 4 is 9.84 Å². The molecule has 0 bridgehead atoms. The Morgan fingerprint density at radius 1 is 1.21 bits per heavy atom. The zero-order chi connectivity index (χ0) is 14.7. The van der Waals surface area contributed by atoms with E-state index >= 15 is 0 Å². The number of halogens is 3. The molecule has 108 valence electrons. The minimum absolute atomic E-state index is 0.0190. The largest absolute Gasteiger partial charge is 0.416 e. The van der Waals surface area contributed by atoms with Crippen molar-refractivity contribution in [3.63, 3.8) is 0 Å². The smallest absolute Gasteiger partial charge is 0.327 e. The maximum atomic E-state index is 12.3. The highest BCUT2D eigenvalue weighted by Crippen LogP contribution is 2.29. The predicted octanol–water partition coefficient (Wildman–Crippen LogP) is 2.01. The van der Waals surface area contributed by atoms with E-state index in [1.807, 2.05) is 0 Å². The number of alkyl halides is 3. The van der Waals surface area contributed by atoms with Gasteiger partial charge in [-0.3, -0.25) is 0 Å². The van der Waals surface area contributed by atoms with Crippen LogP contribution in [0.4, 0.5) is 13.2 Å². The first-order valence-electron chi connectivity index (χ1n) is 5.67. The molecule has 1 rings (SSSR count). The Bertz CT molecular complexity index is 509. The van der Waals surface area contributed by atoms with Gasteiger partial charge >= 0.3 is 6.18 Å². The van der Waals surface area contributed by atoms with Crippen LogP contribution in [0.15, 0.2) is 24.3 Å². The fourth-order valence-electron chi connectivity index (χ4n) is 1.60. The first kappa shape index (κ1) is 16.0. The zero-order valence-electron chi connectivity index (χ0n) is 10.4. The van der Waals surface area contributed by atoms with Gasteiger partial charge in [0.15, 0.2) is 0 Å². The molecule has 0 aromatic heterocycles. The lowest BCUT2D eigenvalue weighted by Crippen LogP contribution is -2.25. The van der Waals surface area contributed by atoms with Crippen LogP contribution in [0.25, 0.3) is 0 Å². The molecule has 0 heterocycles. The SMILES string of the molecule is CS(=O)(=O)CCC(N)Cc1ccc(C(F)(F)F)cc1. The summed E-state index contributed by atoms with van der Waals surface area (Å²) in [5, 5.41) is 0. The van der Waals surface area contributed by atoms with Crippen molar-refractivity contribution in [3.05, 3.63) is 35.4 Å². The van der Waals surface area contributed by atoms with Gasteiger partial charge in [0.25, 0.3) is 0 Å². The molecule has 0 radical (unpaired) electrons. The molecule has 0 saturated heterocycles. The number of hydrogen-bond acceptors (Lipinski definition) is 3. The summed E-state index contributed by atoms with van der Waals surface area (Å²) in [4.78, 5) is 0. The number of sulfone groups is 1. The molecule has 0 aliphatic carbocycles. The van der Waals surface area contributed by atoms with E-state index in [4.69, 9.17) is 5.73 Å². The summed E-state index contributed by atoms with van der Waals surface area (Å²) in [6, 6.07) is 4.34. The van der Waals surface area contributed by atoms with Gasteiger partial charge in [0.2, 0.25) is 0 Å². The van der Waals surface area contributed by atoms with Crippen LogP contribution in [0.5, 0.6) is 0 Å². The standard InChI is InChI=1S/C12H16F3NO2S/c1-19(17,18)7-6-11(16)8-9-2-4-10(5-3-9)12(13,14)15/h2-5,11H,6-8,16H2,1H3. The van der Waals surface area contributed by atoms with E-state index in [2.05, 4.69) is 0 Å². The van der Waals surface area contributed by atoms with Crippen molar-refractivity contribution in [1.29, 1.82) is 0 Å². The van der Waals surface area contributed by atoms with Crippen molar-refractivity contribution in [2.24, 2.45) is 5.73 Å². The minimum Gasteiger partial charge on any atom is -0.327 e. The van der Waals surface area contributed by atoms with Crippen LogP contribution >= 0.6 is 0 Å². The highest BCUT2D eigenvalue weighted by atomic mass is 32.2. The van der Waals surface area contributed by atoms with Crippen LogP contribution in [-0.2, 0) is 22.4 Å². The molecule has 19 heavy (non-hydrogen) atoms. The van der Waals surface area contributed by atoms with E-state index in [0.717, 1.165) is 18.4 Å². The van der Waals surface area contributed by atoms with Gasteiger partial charge in [-0.25, -0.2) is 8.42 Å². The maximum Gasteiger partial charge on any atom is 0.416 e. The normalized spacial score (nSPS) is 14.4. The molecule has 3 nitrogen and oxygen atoms in total. The van der Waals surface area contributed by atoms with E-state index in [0.29, 0.717) is 18.4 Å². The second-order valence-electron chi connectivity index (χ2n) is 4.58. The molecule has 1 aromatic carbocycles. The highest BCUT2D eigenvalue weighted by molar-refractivity contribution is 7.90. The van der Waals surface area contributed by atoms with Crippen LogP contribution in [0.2, 0.25) is 0 Å². The van der Waals surface area contributed by atoms with Crippen LogP contribution in [0, 0.1) is 0 Å². The van der Waals surface area contributed by atoms with Crippen LogP contribution in [0.1, 0.15) is 17.5 Å². The molecule has 0 fully saturated rings. The van der Waals surface area contributed by atoms with Crippen LogP contribution in [0.3, 0.4) is 0 Å². The van der Waals surface area contributed by atoms with Crippen molar-refractivity contribution in [3.8, 4) is 0 Å². The van der Waals surface area contributed by atoms with Gasteiger partial charge in [0.1, 0.15) is 9.84 Å². The molecule has 0 saturated carbocycles. The maximum absolute atomic E-state index is 12.3. The number of benzene rings is 1. The van der Waals surface area contributed by atoms with E-state index in [9.17, 15) is 21.6 Å². The molecule has 2 N–H and O–H groups in total. The lowest BCUT2D eigenvalue weighted by Gasteiger charge is -2.12. The summed E-state index contributed by atoms with van der Waals surface area (Å²) in [7, 11) is -3.07. The second kappa shape index (κ2) is 5.92. The molecule has 0 aliphatic heterocycles. The van der Waals surface area contributed by atoms with E-state index in [1.165, 1.54) is 12.1 Å². The number of rotatable bonds is 5. The molecule has 0 spiro atoms. The molecular weight excluding hydrogens is 279 g/mol. The fraction of sp³-hybridized carbons (Fsp3) is 0.500. The Hall–Kier alpha value is -1.08. The molecule has 7 heteroatoms. The quantitative estimate of drug-likeness (QED) is 0.904. The van der Waals surface area contributed by atoms with Gasteiger partial charge in [0.05, 0.1) is 11.3 Å². The Morgan fingerprint density at radius 3 is 2.16 bits per heavy atom. The van der Waals surface area contributed by atoms with Crippen LogP contribution < -0.4 is 5.73 Å². The molecule has 0 aliphatic rings. The first-order valence-corrected chi connectivity index (χ1v) is 7.73. The molecule has 1 aromatic rings. The highest BCUT2D eigenvalue weighted by Gasteiger charge is 2.29. The van der Waals surface area contributed by atoms with Gasteiger partial charge in [-0.1, -0.05) is 12.1 Å². The van der Waals surface area contributed by atoms with Gasteiger partial charge in [0, 0.05) is 12.3 Å². The van der Waals surface area contributed by atoms with Gasteiger partial charge in [-0.05, 0) is 30.5 Å². The predicted molar refractivity (Wildman–Crippen MR) is 67.5 cm³/mol. The van der Waals surface area contributed by atoms with E-state index < -0.39 is 21.6 Å². The molecule has 1 unspecified atom stereocenters. The first-order chi connectivity index (χ1) is 8.58. The average molecular weight is 295 g/mol. The lowest BCUT2D eigenvalue weighted by atomic mass is 10.0.